The van der Waals surface area contributed by atoms with E-state index in [1.165, 1.54) is 17.0 Å². The average Bonchev–Trinajstić information content (AvgIpc) is 3.63. The first-order valence-corrected chi connectivity index (χ1v) is 11.0. The number of aromatic nitrogens is 4. The molecule has 2 N–H and O–H groups in total. The molecule has 10 heteroatoms. The zero-order valence-corrected chi connectivity index (χ0v) is 19.2. The Morgan fingerprint density at radius 3 is 2.80 bits per heavy atom. The first kappa shape index (κ1) is 22.2. The number of benzene rings is 1. The number of H-pyrrole nitrogens is 1. The zero-order valence-electron chi connectivity index (χ0n) is 19.2. The number of amides is 1. The molecule has 0 saturated heterocycles. The lowest BCUT2D eigenvalue weighted by molar-refractivity contribution is -0.111. The van der Waals surface area contributed by atoms with Gasteiger partial charge in [0, 0.05) is 17.7 Å². The number of rotatable bonds is 7. The van der Waals surface area contributed by atoms with Crippen molar-refractivity contribution in [2.45, 2.75) is 19.3 Å². The maximum atomic E-state index is 12.8. The van der Waals surface area contributed by atoms with Crippen LogP contribution < -0.4 is 20.3 Å². The highest BCUT2D eigenvalue weighted by Crippen LogP contribution is 2.28. The van der Waals surface area contributed by atoms with Crippen molar-refractivity contribution in [3.8, 4) is 28.9 Å². The van der Waals surface area contributed by atoms with Crippen LogP contribution in [0.25, 0.3) is 23.5 Å². The van der Waals surface area contributed by atoms with Crippen LogP contribution in [0.1, 0.15) is 23.2 Å². The Kier molecular flexibility index (Phi) is 5.92. The number of furan rings is 1. The summed E-state index contributed by atoms with van der Waals surface area (Å²) in [6.45, 7) is 0. The normalized spacial score (nSPS) is 12.6. The lowest BCUT2D eigenvalue weighted by atomic mass is 10.2. The first-order valence-electron chi connectivity index (χ1n) is 11.0. The largest absolute Gasteiger partial charge is 0.493 e. The number of anilines is 1. The van der Waals surface area contributed by atoms with Crippen molar-refractivity contribution in [2.75, 3.05) is 19.5 Å². The Labute approximate surface area is 200 Å². The lowest BCUT2D eigenvalue weighted by Crippen LogP contribution is -2.20. The predicted molar refractivity (Wildman–Crippen MR) is 129 cm³/mol. The van der Waals surface area contributed by atoms with Crippen molar-refractivity contribution >= 4 is 17.8 Å². The molecule has 0 radical (unpaired) electrons. The number of ether oxygens (including phenoxy) is 2. The molecule has 178 valence electrons. The van der Waals surface area contributed by atoms with Gasteiger partial charge < -0.3 is 19.2 Å². The number of carbonyl (C=O) groups excluding carboxylic acids is 1. The zero-order chi connectivity index (χ0) is 24.4. The van der Waals surface area contributed by atoms with Gasteiger partial charge in [-0.2, -0.15) is 9.78 Å². The van der Waals surface area contributed by atoms with Crippen molar-refractivity contribution in [1.82, 2.24) is 19.7 Å². The number of nitrogens with zero attached hydrogens (tertiary/aromatic N) is 3. The number of fused-ring (bicyclic) bond motifs is 1. The van der Waals surface area contributed by atoms with Crippen LogP contribution in [-0.2, 0) is 17.6 Å². The molecule has 0 fully saturated rings. The van der Waals surface area contributed by atoms with Crippen LogP contribution in [-0.4, -0.2) is 39.9 Å². The molecular formula is C25H23N5O5. The van der Waals surface area contributed by atoms with Crippen LogP contribution in [0.3, 0.4) is 0 Å². The van der Waals surface area contributed by atoms with Crippen LogP contribution >= 0.6 is 0 Å². The highest BCUT2D eigenvalue weighted by Gasteiger charge is 2.21. The number of hydrogen-bond donors (Lipinski definition) is 2. The standard InChI is InChI=1S/C25H23N5O5/c1-33-20-10-8-15(13-21(20)34-2)9-11-23(31)27-22-14-18(19-7-4-12-35-19)29-30(22)25-26-17-6-3-5-16(17)24(32)28-25/h4,7-14H,3,5-6H2,1-2H3,(H,27,31)(H,26,28,32)/b11-9-. The van der Waals surface area contributed by atoms with Gasteiger partial charge in [0.1, 0.15) is 11.5 Å². The summed E-state index contributed by atoms with van der Waals surface area (Å²) >= 11 is 0. The van der Waals surface area contributed by atoms with E-state index in [0.29, 0.717) is 40.8 Å². The Balaban J connectivity index is 1.45. The SMILES string of the molecule is COc1ccc(/C=C\C(=O)Nc2cc(-c3ccco3)nn2-c2nc3c(c(=O)[nH]2)CCC3)cc1OC. The number of nitrogens with one attached hydrogen (secondary N) is 2. The van der Waals surface area contributed by atoms with Crippen molar-refractivity contribution in [1.29, 1.82) is 0 Å². The van der Waals surface area contributed by atoms with Gasteiger partial charge >= 0.3 is 0 Å². The summed E-state index contributed by atoms with van der Waals surface area (Å²) in [7, 11) is 3.11. The maximum absolute atomic E-state index is 12.8. The molecule has 0 aliphatic heterocycles. The van der Waals surface area contributed by atoms with E-state index in [9.17, 15) is 9.59 Å². The molecule has 0 atom stereocenters. The molecule has 0 unspecified atom stereocenters. The summed E-state index contributed by atoms with van der Waals surface area (Å²) in [6, 6.07) is 10.5. The summed E-state index contributed by atoms with van der Waals surface area (Å²) in [5.41, 5.74) is 2.51. The van der Waals surface area contributed by atoms with Crippen LogP contribution in [0.15, 0.2) is 57.9 Å². The molecule has 4 aromatic rings. The fourth-order valence-corrected chi connectivity index (χ4v) is 4.00. The van der Waals surface area contributed by atoms with E-state index >= 15 is 0 Å². The van der Waals surface area contributed by atoms with Crippen LogP contribution in [0.2, 0.25) is 0 Å². The van der Waals surface area contributed by atoms with Crippen molar-refractivity contribution in [3.05, 3.63) is 75.9 Å². The van der Waals surface area contributed by atoms with E-state index in [-0.39, 0.29) is 11.5 Å². The molecule has 1 amide bonds. The van der Waals surface area contributed by atoms with Gasteiger partial charge in [-0.15, -0.1) is 0 Å². The maximum Gasteiger partial charge on any atom is 0.255 e. The van der Waals surface area contributed by atoms with Gasteiger partial charge in [0.05, 0.1) is 26.2 Å². The quantitative estimate of drug-likeness (QED) is 0.394. The molecule has 3 heterocycles. The fourth-order valence-electron chi connectivity index (χ4n) is 4.00. The van der Waals surface area contributed by atoms with Gasteiger partial charge in [0.2, 0.25) is 11.9 Å². The number of hydrogen-bond acceptors (Lipinski definition) is 7. The van der Waals surface area contributed by atoms with E-state index < -0.39 is 5.91 Å². The molecule has 0 spiro atoms. The minimum absolute atomic E-state index is 0.192. The molecule has 1 aliphatic carbocycles. The van der Waals surface area contributed by atoms with Gasteiger partial charge in [-0.05, 0) is 55.2 Å². The third-order valence-corrected chi connectivity index (χ3v) is 5.70. The van der Waals surface area contributed by atoms with Crippen molar-refractivity contribution in [2.24, 2.45) is 0 Å². The predicted octanol–water partition coefficient (Wildman–Crippen LogP) is 3.37. The summed E-state index contributed by atoms with van der Waals surface area (Å²) in [6.07, 6.45) is 6.91. The Hall–Kier alpha value is -4.60. The van der Waals surface area contributed by atoms with Gasteiger partial charge in [0.25, 0.3) is 5.56 Å². The Bertz CT molecular complexity index is 1470. The summed E-state index contributed by atoms with van der Waals surface area (Å²) in [5.74, 6) is 1.84. The van der Waals surface area contributed by atoms with Gasteiger partial charge in [-0.3, -0.25) is 14.6 Å². The summed E-state index contributed by atoms with van der Waals surface area (Å²) in [4.78, 5) is 32.7. The molecule has 0 saturated carbocycles. The molecule has 1 aliphatic rings. The number of carbonyl (C=O) groups is 1. The molecule has 0 bridgehead atoms. The Morgan fingerprint density at radius 2 is 2.03 bits per heavy atom. The average molecular weight is 473 g/mol. The summed E-state index contributed by atoms with van der Waals surface area (Å²) < 4.78 is 17.4. The van der Waals surface area contributed by atoms with E-state index in [0.717, 1.165) is 24.1 Å². The third-order valence-electron chi connectivity index (χ3n) is 5.70. The molecule has 10 nitrogen and oxygen atoms in total. The highest BCUT2D eigenvalue weighted by molar-refractivity contribution is 6.01. The van der Waals surface area contributed by atoms with Gasteiger partial charge in [0.15, 0.2) is 17.3 Å². The Morgan fingerprint density at radius 1 is 1.17 bits per heavy atom. The number of methoxy groups -OCH3 is 2. The third kappa shape index (κ3) is 4.45. The molecule has 1 aromatic carbocycles. The minimum atomic E-state index is -0.393. The number of aryl methyl sites for hydroxylation is 1. The van der Waals surface area contributed by atoms with Crippen LogP contribution in [0.4, 0.5) is 5.82 Å². The monoisotopic (exact) mass is 473 g/mol. The minimum Gasteiger partial charge on any atom is -0.493 e. The molecule has 35 heavy (non-hydrogen) atoms. The second-order valence-corrected chi connectivity index (χ2v) is 7.91. The smallest absolute Gasteiger partial charge is 0.255 e. The topological polar surface area (TPSA) is 124 Å². The van der Waals surface area contributed by atoms with Crippen molar-refractivity contribution < 1.29 is 18.7 Å². The molecule has 3 aromatic heterocycles. The highest BCUT2D eigenvalue weighted by atomic mass is 16.5. The van der Waals surface area contributed by atoms with Crippen LogP contribution in [0.5, 0.6) is 11.5 Å². The molecule has 5 rings (SSSR count). The number of aromatic amines is 1. The van der Waals surface area contributed by atoms with Crippen LogP contribution in [0, 0.1) is 0 Å². The van der Waals surface area contributed by atoms with E-state index in [4.69, 9.17) is 13.9 Å². The second kappa shape index (κ2) is 9.34. The van der Waals surface area contributed by atoms with E-state index in [2.05, 4.69) is 20.4 Å². The van der Waals surface area contributed by atoms with Gasteiger partial charge in [-0.25, -0.2) is 4.98 Å². The second-order valence-electron chi connectivity index (χ2n) is 7.91. The van der Waals surface area contributed by atoms with E-state index in [1.54, 1.807) is 50.6 Å². The van der Waals surface area contributed by atoms with Gasteiger partial charge in [-0.1, -0.05) is 6.07 Å². The van der Waals surface area contributed by atoms with E-state index in [1.807, 2.05) is 6.07 Å². The fraction of sp³-hybridized carbons (Fsp3) is 0.200. The first-order chi connectivity index (χ1) is 17.1. The lowest BCUT2D eigenvalue weighted by Gasteiger charge is -2.08. The molecular weight excluding hydrogens is 450 g/mol. The van der Waals surface area contributed by atoms with Crippen molar-refractivity contribution in [3.63, 3.8) is 0 Å². The summed E-state index contributed by atoms with van der Waals surface area (Å²) in [5, 5.41) is 7.34.